The van der Waals surface area contributed by atoms with E-state index in [0.717, 1.165) is 38.2 Å². The number of hydrogen-bond acceptors (Lipinski definition) is 3. The van der Waals surface area contributed by atoms with Gasteiger partial charge in [-0.3, -0.25) is 9.69 Å². The topological polar surface area (TPSA) is 49.6 Å². The number of nitrogen functional groups attached to an aromatic ring is 1. The van der Waals surface area contributed by atoms with E-state index in [2.05, 4.69) is 24.8 Å². The first kappa shape index (κ1) is 15.8. The lowest BCUT2D eigenvalue weighted by molar-refractivity contribution is -0.135. The fourth-order valence-corrected chi connectivity index (χ4v) is 3.25. The molecule has 1 saturated heterocycles. The molecule has 1 amide bonds. The molecule has 2 atom stereocenters. The smallest absolute Gasteiger partial charge is 0.219 e. The first-order valence-corrected chi connectivity index (χ1v) is 7.90. The Labute approximate surface area is 127 Å². The highest BCUT2D eigenvalue weighted by atomic mass is 16.2. The summed E-state index contributed by atoms with van der Waals surface area (Å²) in [5.74, 6) is 0.198. The lowest BCUT2D eigenvalue weighted by Gasteiger charge is -2.46. The Bertz CT molecular complexity index is 489. The number of benzene rings is 1. The van der Waals surface area contributed by atoms with Crippen LogP contribution in [-0.2, 0) is 11.3 Å². The van der Waals surface area contributed by atoms with Gasteiger partial charge in [0.1, 0.15) is 0 Å². The predicted molar refractivity (Wildman–Crippen MR) is 86.8 cm³/mol. The van der Waals surface area contributed by atoms with E-state index in [1.54, 1.807) is 6.92 Å². The zero-order valence-corrected chi connectivity index (χ0v) is 13.4. The third-order valence-electron chi connectivity index (χ3n) is 4.49. The van der Waals surface area contributed by atoms with Crippen LogP contribution in [0.3, 0.4) is 0 Å². The Hall–Kier alpha value is -1.55. The number of nitrogens with zero attached hydrogens (tertiary/aromatic N) is 2. The zero-order valence-electron chi connectivity index (χ0n) is 13.4. The second kappa shape index (κ2) is 6.94. The third kappa shape index (κ3) is 3.76. The van der Waals surface area contributed by atoms with Crippen molar-refractivity contribution in [3.05, 3.63) is 29.8 Å². The van der Waals surface area contributed by atoms with Crippen molar-refractivity contribution in [2.45, 2.75) is 52.2 Å². The summed E-state index contributed by atoms with van der Waals surface area (Å²) in [6, 6.07) is 8.86. The molecule has 1 aliphatic rings. The van der Waals surface area contributed by atoms with Gasteiger partial charge in [0.2, 0.25) is 5.91 Å². The monoisotopic (exact) mass is 289 g/mol. The maximum atomic E-state index is 11.8. The molecule has 1 fully saturated rings. The summed E-state index contributed by atoms with van der Waals surface area (Å²) in [5, 5.41) is 0. The number of amides is 1. The number of piperazine rings is 1. The van der Waals surface area contributed by atoms with Crippen molar-refractivity contribution in [1.29, 1.82) is 0 Å². The summed E-state index contributed by atoms with van der Waals surface area (Å²) in [4.78, 5) is 16.4. The van der Waals surface area contributed by atoms with Gasteiger partial charge in [-0.15, -0.1) is 0 Å². The van der Waals surface area contributed by atoms with E-state index in [4.69, 9.17) is 5.73 Å². The Morgan fingerprint density at radius 2 is 1.95 bits per heavy atom. The second-order valence-electron chi connectivity index (χ2n) is 5.97. The third-order valence-corrected chi connectivity index (χ3v) is 4.49. The summed E-state index contributed by atoms with van der Waals surface area (Å²) < 4.78 is 0. The van der Waals surface area contributed by atoms with Crippen LogP contribution in [0.2, 0.25) is 0 Å². The molecule has 2 N–H and O–H groups in total. The Morgan fingerprint density at radius 3 is 2.52 bits per heavy atom. The van der Waals surface area contributed by atoms with E-state index >= 15 is 0 Å². The quantitative estimate of drug-likeness (QED) is 0.866. The average molecular weight is 289 g/mol. The lowest BCUT2D eigenvalue weighted by Crippen LogP contribution is -2.58. The van der Waals surface area contributed by atoms with E-state index in [1.807, 2.05) is 23.1 Å². The van der Waals surface area contributed by atoms with Gasteiger partial charge in [-0.1, -0.05) is 26.0 Å². The molecule has 21 heavy (non-hydrogen) atoms. The van der Waals surface area contributed by atoms with Crippen LogP contribution < -0.4 is 5.73 Å². The highest BCUT2D eigenvalue weighted by Crippen LogP contribution is 2.22. The predicted octanol–water partition coefficient (Wildman–Crippen LogP) is 2.49. The van der Waals surface area contributed by atoms with Crippen LogP contribution in [0, 0.1) is 0 Å². The van der Waals surface area contributed by atoms with Gasteiger partial charge < -0.3 is 10.6 Å². The minimum absolute atomic E-state index is 0.198. The summed E-state index contributed by atoms with van der Waals surface area (Å²) in [6.45, 7) is 8.73. The van der Waals surface area contributed by atoms with Gasteiger partial charge in [-0.2, -0.15) is 0 Å². The second-order valence-corrected chi connectivity index (χ2v) is 5.97. The van der Waals surface area contributed by atoms with Crippen LogP contribution in [0.5, 0.6) is 0 Å². The molecule has 2 rings (SSSR count). The van der Waals surface area contributed by atoms with Crippen molar-refractivity contribution in [1.82, 2.24) is 9.80 Å². The fraction of sp³-hybridized carbons (Fsp3) is 0.588. The van der Waals surface area contributed by atoms with E-state index in [9.17, 15) is 4.79 Å². The molecule has 0 saturated carbocycles. The summed E-state index contributed by atoms with van der Waals surface area (Å²) in [7, 11) is 0. The van der Waals surface area contributed by atoms with Crippen molar-refractivity contribution < 1.29 is 4.79 Å². The number of anilines is 1. The largest absolute Gasteiger partial charge is 0.399 e. The average Bonchev–Trinajstić information content (AvgIpc) is 2.46. The standard InChI is InChI=1S/C17H27N3O/c1-4-16-12-20(13(3)21)17(5-2)11-19(16)10-14-7-6-8-15(18)9-14/h6-9,16-17H,4-5,10-12,18H2,1-3H3. The highest BCUT2D eigenvalue weighted by Gasteiger charge is 2.33. The summed E-state index contributed by atoms with van der Waals surface area (Å²) in [5.41, 5.74) is 7.94. The molecule has 116 valence electrons. The minimum Gasteiger partial charge on any atom is -0.399 e. The Kier molecular flexibility index (Phi) is 5.23. The van der Waals surface area contributed by atoms with Crippen LogP contribution in [-0.4, -0.2) is 40.9 Å². The number of nitrogens with two attached hydrogens (primary N) is 1. The van der Waals surface area contributed by atoms with Crippen molar-refractivity contribution in [2.75, 3.05) is 18.8 Å². The van der Waals surface area contributed by atoms with E-state index in [1.165, 1.54) is 5.56 Å². The maximum Gasteiger partial charge on any atom is 0.219 e. The van der Waals surface area contributed by atoms with Crippen LogP contribution in [0.4, 0.5) is 5.69 Å². The van der Waals surface area contributed by atoms with Crippen LogP contribution in [0.25, 0.3) is 0 Å². The van der Waals surface area contributed by atoms with Crippen LogP contribution >= 0.6 is 0 Å². The normalized spacial score (nSPS) is 23.3. The van der Waals surface area contributed by atoms with Crippen molar-refractivity contribution in [3.8, 4) is 0 Å². The molecule has 0 bridgehead atoms. The fourth-order valence-electron chi connectivity index (χ4n) is 3.25. The van der Waals surface area contributed by atoms with Gasteiger partial charge in [-0.25, -0.2) is 0 Å². The molecule has 4 heteroatoms. The molecule has 0 spiro atoms. The molecule has 0 aromatic heterocycles. The first-order chi connectivity index (χ1) is 10.0. The lowest BCUT2D eigenvalue weighted by atomic mass is 10.0. The molecule has 4 nitrogen and oxygen atoms in total. The zero-order chi connectivity index (χ0) is 15.4. The molecule has 2 unspecified atom stereocenters. The molecule has 0 radical (unpaired) electrons. The first-order valence-electron chi connectivity index (χ1n) is 7.90. The SMILES string of the molecule is CCC1CN(C(C)=O)C(CC)CN1Cc1cccc(N)c1. The van der Waals surface area contributed by atoms with Crippen molar-refractivity contribution in [3.63, 3.8) is 0 Å². The summed E-state index contributed by atoms with van der Waals surface area (Å²) >= 11 is 0. The number of rotatable bonds is 4. The maximum absolute atomic E-state index is 11.8. The summed E-state index contributed by atoms with van der Waals surface area (Å²) in [6.07, 6.45) is 2.06. The van der Waals surface area contributed by atoms with Crippen molar-refractivity contribution >= 4 is 11.6 Å². The number of hydrogen-bond donors (Lipinski definition) is 1. The van der Waals surface area contributed by atoms with Crippen LogP contribution in [0.1, 0.15) is 39.2 Å². The molecule has 0 aliphatic carbocycles. The van der Waals surface area contributed by atoms with E-state index in [0.29, 0.717) is 12.1 Å². The molecular weight excluding hydrogens is 262 g/mol. The van der Waals surface area contributed by atoms with Gasteiger partial charge in [0.25, 0.3) is 0 Å². The Morgan fingerprint density at radius 1 is 1.24 bits per heavy atom. The van der Waals surface area contributed by atoms with Gasteiger partial charge in [0, 0.05) is 44.3 Å². The van der Waals surface area contributed by atoms with Gasteiger partial charge >= 0.3 is 0 Å². The Balaban J connectivity index is 2.12. The van der Waals surface area contributed by atoms with Crippen LogP contribution in [0.15, 0.2) is 24.3 Å². The van der Waals surface area contributed by atoms with Gasteiger partial charge in [0.05, 0.1) is 0 Å². The number of carbonyl (C=O) groups excluding carboxylic acids is 1. The van der Waals surface area contributed by atoms with Gasteiger partial charge in [-0.05, 0) is 30.5 Å². The molecule has 1 aromatic rings. The van der Waals surface area contributed by atoms with E-state index in [-0.39, 0.29) is 5.91 Å². The highest BCUT2D eigenvalue weighted by molar-refractivity contribution is 5.73. The molecular formula is C17H27N3O. The number of carbonyl (C=O) groups is 1. The van der Waals surface area contributed by atoms with Crippen molar-refractivity contribution in [2.24, 2.45) is 0 Å². The van der Waals surface area contributed by atoms with Gasteiger partial charge in [0.15, 0.2) is 0 Å². The molecule has 1 heterocycles. The molecule has 1 aromatic carbocycles. The molecule has 1 aliphatic heterocycles. The van der Waals surface area contributed by atoms with E-state index < -0.39 is 0 Å². The minimum atomic E-state index is 0.198.